The van der Waals surface area contributed by atoms with Crippen LogP contribution in [0.15, 0.2) is 217 Å². The van der Waals surface area contributed by atoms with Crippen LogP contribution in [0.4, 0.5) is 0 Å². The molecule has 59 heavy (non-hydrogen) atoms. The smallest absolute Gasteiger partial charge is 0.164 e. The molecule has 11 rings (SSSR count). The molecular weight excluding hydrogens is 719 g/mol. The van der Waals surface area contributed by atoms with E-state index in [4.69, 9.17) is 19.4 Å². The Balaban J connectivity index is 0.943. The van der Waals surface area contributed by atoms with Crippen molar-refractivity contribution in [3.05, 3.63) is 212 Å². The lowest BCUT2D eigenvalue weighted by Crippen LogP contribution is -2.00. The number of furan rings is 1. The molecule has 0 radical (unpaired) electrons. The molecule has 4 nitrogen and oxygen atoms in total. The first-order chi connectivity index (χ1) is 29.2. The van der Waals surface area contributed by atoms with E-state index in [1.54, 1.807) is 0 Å². The van der Waals surface area contributed by atoms with Crippen molar-refractivity contribution in [2.45, 2.75) is 0 Å². The molecule has 0 spiro atoms. The van der Waals surface area contributed by atoms with Crippen molar-refractivity contribution < 1.29 is 4.42 Å². The van der Waals surface area contributed by atoms with Gasteiger partial charge in [-0.1, -0.05) is 182 Å². The van der Waals surface area contributed by atoms with Crippen molar-refractivity contribution in [1.82, 2.24) is 15.0 Å². The minimum absolute atomic E-state index is 0.625. The van der Waals surface area contributed by atoms with Gasteiger partial charge in [0.05, 0.1) is 0 Å². The first kappa shape index (κ1) is 34.3. The van der Waals surface area contributed by atoms with Crippen LogP contribution in [0.3, 0.4) is 0 Å². The lowest BCUT2D eigenvalue weighted by molar-refractivity contribution is 0.670. The zero-order valence-electron chi connectivity index (χ0n) is 32.0. The van der Waals surface area contributed by atoms with Crippen LogP contribution in [0.1, 0.15) is 0 Å². The van der Waals surface area contributed by atoms with Gasteiger partial charge >= 0.3 is 0 Å². The number of rotatable bonds is 7. The fraction of sp³-hybridized carbons (Fsp3) is 0. The fourth-order valence-corrected chi connectivity index (χ4v) is 8.09. The topological polar surface area (TPSA) is 51.8 Å². The number of para-hydroxylation sites is 1. The van der Waals surface area contributed by atoms with Crippen molar-refractivity contribution >= 4 is 32.7 Å². The summed E-state index contributed by atoms with van der Waals surface area (Å²) in [6.07, 6.45) is 0. The molecule has 0 aliphatic heterocycles. The van der Waals surface area contributed by atoms with Gasteiger partial charge in [0.15, 0.2) is 17.5 Å². The highest BCUT2D eigenvalue weighted by Crippen LogP contribution is 2.39. The Hall–Kier alpha value is -7.95. The molecule has 0 bridgehead atoms. The molecule has 4 heteroatoms. The molecule has 0 N–H and O–H groups in total. The largest absolute Gasteiger partial charge is 0.455 e. The van der Waals surface area contributed by atoms with Gasteiger partial charge in [-0.15, -0.1) is 0 Å². The van der Waals surface area contributed by atoms with Crippen molar-refractivity contribution in [3.8, 4) is 78.7 Å². The highest BCUT2D eigenvalue weighted by Gasteiger charge is 2.16. The third-order valence-corrected chi connectivity index (χ3v) is 11.1. The zero-order valence-corrected chi connectivity index (χ0v) is 32.0. The van der Waals surface area contributed by atoms with E-state index in [-0.39, 0.29) is 0 Å². The number of nitrogens with zero attached hydrogens (tertiary/aromatic N) is 3. The van der Waals surface area contributed by atoms with Crippen LogP contribution in [0, 0.1) is 0 Å². The van der Waals surface area contributed by atoms with Crippen LogP contribution in [0.2, 0.25) is 0 Å². The fourth-order valence-electron chi connectivity index (χ4n) is 8.09. The van der Waals surface area contributed by atoms with Gasteiger partial charge in [-0.05, 0) is 80.0 Å². The summed E-state index contributed by atoms with van der Waals surface area (Å²) in [5.74, 6) is 1.89. The molecule has 0 saturated heterocycles. The van der Waals surface area contributed by atoms with Crippen LogP contribution in [-0.4, -0.2) is 15.0 Å². The maximum Gasteiger partial charge on any atom is 0.164 e. The molecule has 0 saturated carbocycles. The lowest BCUT2D eigenvalue weighted by Gasteiger charge is -2.11. The second-order valence-electron chi connectivity index (χ2n) is 14.8. The third-order valence-electron chi connectivity index (χ3n) is 11.1. The first-order valence-electron chi connectivity index (χ1n) is 19.8. The number of fused-ring (bicyclic) bond motifs is 4. The molecule has 0 amide bonds. The monoisotopic (exact) mass is 753 g/mol. The summed E-state index contributed by atoms with van der Waals surface area (Å²) in [6, 6.07) is 74.1. The molecule has 11 aromatic rings. The van der Waals surface area contributed by atoms with Gasteiger partial charge in [0.2, 0.25) is 0 Å². The standard InChI is InChI=1S/C55H35N3O/c1-3-13-36(14-4-1)37-27-29-39(30-28-37)54-56-53(38-15-5-2-6-16-38)57-55(58-54)47-24-11-22-43(33-47)41-20-9-19-40(31-41)42-21-10-23-46(32-42)48-25-12-26-49-50-34-44-17-7-8-18-45(44)35-51(50)59-52(48)49/h1-35H. The molecule has 0 atom stereocenters. The van der Waals surface area contributed by atoms with E-state index in [2.05, 4.69) is 176 Å². The maximum atomic E-state index is 6.59. The number of hydrogen-bond donors (Lipinski definition) is 0. The van der Waals surface area contributed by atoms with E-state index in [1.807, 2.05) is 36.4 Å². The van der Waals surface area contributed by atoms with Gasteiger partial charge in [-0.3, -0.25) is 0 Å². The Morgan fingerprint density at radius 3 is 1.34 bits per heavy atom. The van der Waals surface area contributed by atoms with Crippen LogP contribution in [-0.2, 0) is 0 Å². The quantitative estimate of drug-likeness (QED) is 0.163. The first-order valence-corrected chi connectivity index (χ1v) is 19.8. The lowest BCUT2D eigenvalue weighted by atomic mass is 9.95. The second-order valence-corrected chi connectivity index (χ2v) is 14.8. The van der Waals surface area contributed by atoms with E-state index in [9.17, 15) is 0 Å². The summed E-state index contributed by atoms with van der Waals surface area (Å²) in [5.41, 5.74) is 13.5. The van der Waals surface area contributed by atoms with Gasteiger partial charge in [0.1, 0.15) is 11.2 Å². The summed E-state index contributed by atoms with van der Waals surface area (Å²) >= 11 is 0. The van der Waals surface area contributed by atoms with Crippen molar-refractivity contribution in [3.63, 3.8) is 0 Å². The van der Waals surface area contributed by atoms with E-state index >= 15 is 0 Å². The minimum Gasteiger partial charge on any atom is -0.455 e. The minimum atomic E-state index is 0.625. The maximum absolute atomic E-state index is 6.59. The predicted molar refractivity (Wildman–Crippen MR) is 243 cm³/mol. The summed E-state index contributed by atoms with van der Waals surface area (Å²) in [4.78, 5) is 15.0. The van der Waals surface area contributed by atoms with E-state index in [0.717, 1.165) is 77.6 Å². The van der Waals surface area contributed by atoms with Crippen molar-refractivity contribution in [2.75, 3.05) is 0 Å². The number of aromatic nitrogens is 3. The highest BCUT2D eigenvalue weighted by molar-refractivity contribution is 6.13. The molecule has 0 unspecified atom stereocenters. The van der Waals surface area contributed by atoms with Gasteiger partial charge < -0.3 is 4.42 Å². The Morgan fingerprint density at radius 1 is 0.271 bits per heavy atom. The second kappa shape index (κ2) is 14.5. The van der Waals surface area contributed by atoms with Crippen molar-refractivity contribution in [2.24, 2.45) is 0 Å². The summed E-state index contributed by atoms with van der Waals surface area (Å²) in [5, 5.41) is 4.64. The van der Waals surface area contributed by atoms with Crippen molar-refractivity contribution in [1.29, 1.82) is 0 Å². The number of benzene rings is 9. The SMILES string of the molecule is c1ccc(-c2ccc(-c3nc(-c4ccccc4)nc(-c4cccc(-c5cccc(-c6cccc(-c7cccc8c7oc7cc9ccccc9cc78)c6)c5)c4)n3)cc2)cc1. The molecule has 0 aliphatic carbocycles. The molecule has 2 aromatic heterocycles. The molecule has 9 aromatic carbocycles. The average molecular weight is 754 g/mol. The normalized spacial score (nSPS) is 11.4. The molecule has 0 aliphatic rings. The van der Waals surface area contributed by atoms with Gasteiger partial charge in [0, 0.05) is 33.0 Å². The summed E-state index contributed by atoms with van der Waals surface area (Å²) in [6.45, 7) is 0. The molecule has 276 valence electrons. The molecule has 0 fully saturated rings. The van der Waals surface area contributed by atoms with E-state index < -0.39 is 0 Å². The highest BCUT2D eigenvalue weighted by atomic mass is 16.3. The van der Waals surface area contributed by atoms with Crippen LogP contribution in [0.5, 0.6) is 0 Å². The Bertz CT molecular complexity index is 3320. The number of hydrogen-bond acceptors (Lipinski definition) is 4. The van der Waals surface area contributed by atoms with E-state index in [0.29, 0.717) is 17.5 Å². The van der Waals surface area contributed by atoms with E-state index in [1.165, 1.54) is 16.3 Å². The van der Waals surface area contributed by atoms with Crippen LogP contribution < -0.4 is 0 Å². The Morgan fingerprint density at radius 2 is 0.695 bits per heavy atom. The van der Waals surface area contributed by atoms with Gasteiger partial charge in [-0.2, -0.15) is 0 Å². The van der Waals surface area contributed by atoms with Crippen LogP contribution >= 0.6 is 0 Å². The Labute approximate surface area is 341 Å². The molecular formula is C55H35N3O. The predicted octanol–water partition coefficient (Wildman–Crippen LogP) is 14.6. The molecule has 2 heterocycles. The Kier molecular flexibility index (Phi) is 8.45. The summed E-state index contributed by atoms with van der Waals surface area (Å²) in [7, 11) is 0. The third kappa shape index (κ3) is 6.53. The average Bonchev–Trinajstić information content (AvgIpc) is 3.69. The van der Waals surface area contributed by atoms with Gasteiger partial charge in [-0.25, -0.2) is 15.0 Å². The van der Waals surface area contributed by atoms with Crippen LogP contribution in [0.25, 0.3) is 111 Å². The summed E-state index contributed by atoms with van der Waals surface area (Å²) < 4.78 is 6.59. The van der Waals surface area contributed by atoms with Gasteiger partial charge in [0.25, 0.3) is 0 Å². The zero-order chi connectivity index (χ0) is 39.1.